The maximum atomic E-state index is 14.9. The number of aryl methyl sites for hydroxylation is 1. The molecule has 1 aromatic carbocycles. The van der Waals surface area contributed by atoms with Gasteiger partial charge >= 0.3 is 12.1 Å². The minimum atomic E-state index is -5.08. The molecule has 0 atom stereocenters. The van der Waals surface area contributed by atoms with E-state index in [-0.39, 0.29) is 11.6 Å². The highest BCUT2D eigenvalue weighted by molar-refractivity contribution is 5.89. The number of aliphatic carboxylic acids is 1. The third-order valence-corrected chi connectivity index (χ3v) is 4.05. The summed E-state index contributed by atoms with van der Waals surface area (Å²) in [5, 5.41) is 15.5. The van der Waals surface area contributed by atoms with Crippen LogP contribution in [0.2, 0.25) is 0 Å². The van der Waals surface area contributed by atoms with Gasteiger partial charge in [0.15, 0.2) is 11.6 Å². The zero-order valence-electron chi connectivity index (χ0n) is 15.9. The Kier molecular flexibility index (Phi) is 6.14. The molecule has 4 aromatic rings. The first kappa shape index (κ1) is 21.7. The number of rotatable bonds is 3. The number of carbonyl (C=O) groups is 1. The van der Waals surface area contributed by atoms with E-state index >= 15 is 0 Å². The van der Waals surface area contributed by atoms with E-state index in [0.29, 0.717) is 5.39 Å². The molecule has 0 aliphatic rings. The van der Waals surface area contributed by atoms with Crippen LogP contribution in [-0.4, -0.2) is 37.0 Å². The molecule has 0 amide bonds. The summed E-state index contributed by atoms with van der Waals surface area (Å²) in [4.78, 5) is 17.0. The molecule has 4 rings (SSSR count). The van der Waals surface area contributed by atoms with Crippen molar-refractivity contribution in [2.75, 3.05) is 5.32 Å². The molecule has 0 spiro atoms. The molecule has 0 saturated carbocycles. The molecule has 11 heteroatoms. The van der Waals surface area contributed by atoms with Crippen molar-refractivity contribution in [3.8, 4) is 11.1 Å². The normalized spacial score (nSPS) is 11.0. The fraction of sp³-hybridized carbons (Fsp3) is 0.100. The minimum Gasteiger partial charge on any atom is -0.475 e. The predicted molar refractivity (Wildman–Crippen MR) is 105 cm³/mol. The highest BCUT2D eigenvalue weighted by Gasteiger charge is 2.38. The number of hydrogen-bond acceptors (Lipinski definition) is 5. The lowest BCUT2D eigenvalue weighted by Gasteiger charge is -2.09. The van der Waals surface area contributed by atoms with E-state index in [4.69, 9.17) is 9.90 Å². The molecule has 2 N–H and O–H groups in total. The molecular formula is C20H15F4N5O2. The number of anilines is 2. The monoisotopic (exact) mass is 433 g/mol. The summed E-state index contributed by atoms with van der Waals surface area (Å²) in [6.45, 7) is 0. The number of carboxylic acid groups (broad SMARTS) is 1. The van der Waals surface area contributed by atoms with E-state index in [1.807, 2.05) is 31.4 Å². The fourth-order valence-electron chi connectivity index (χ4n) is 2.59. The van der Waals surface area contributed by atoms with Crippen LogP contribution in [-0.2, 0) is 11.8 Å². The second-order valence-electron chi connectivity index (χ2n) is 6.29. The summed E-state index contributed by atoms with van der Waals surface area (Å²) in [6.07, 6.45) is 3.52. The lowest BCUT2D eigenvalue weighted by Crippen LogP contribution is -2.21. The summed E-state index contributed by atoms with van der Waals surface area (Å²) < 4.78 is 48.4. The van der Waals surface area contributed by atoms with Crippen molar-refractivity contribution in [1.29, 1.82) is 0 Å². The average molecular weight is 433 g/mol. The van der Waals surface area contributed by atoms with E-state index in [2.05, 4.69) is 20.4 Å². The second kappa shape index (κ2) is 8.78. The van der Waals surface area contributed by atoms with Crippen molar-refractivity contribution in [2.45, 2.75) is 6.18 Å². The number of nitrogens with zero attached hydrogens (tertiary/aromatic N) is 4. The number of carboxylic acids is 1. The van der Waals surface area contributed by atoms with Gasteiger partial charge in [0.05, 0.1) is 6.20 Å². The third-order valence-electron chi connectivity index (χ3n) is 4.05. The molecule has 3 aromatic heterocycles. The van der Waals surface area contributed by atoms with Gasteiger partial charge in [-0.3, -0.25) is 9.67 Å². The highest BCUT2D eigenvalue weighted by atomic mass is 19.4. The van der Waals surface area contributed by atoms with Crippen molar-refractivity contribution in [1.82, 2.24) is 19.7 Å². The Morgan fingerprint density at radius 3 is 2.35 bits per heavy atom. The summed E-state index contributed by atoms with van der Waals surface area (Å²) in [5.74, 6) is -2.94. The summed E-state index contributed by atoms with van der Waals surface area (Å²) in [5.41, 5.74) is 2.59. The van der Waals surface area contributed by atoms with Crippen LogP contribution in [0, 0.1) is 5.82 Å². The molecule has 0 saturated heterocycles. The second-order valence-corrected chi connectivity index (χ2v) is 6.29. The highest BCUT2D eigenvalue weighted by Crippen LogP contribution is 2.29. The van der Waals surface area contributed by atoms with Crippen molar-refractivity contribution in [3.63, 3.8) is 0 Å². The van der Waals surface area contributed by atoms with Crippen LogP contribution in [0.15, 0.2) is 61.3 Å². The van der Waals surface area contributed by atoms with Crippen LogP contribution >= 0.6 is 0 Å². The number of benzene rings is 1. The van der Waals surface area contributed by atoms with Gasteiger partial charge in [0.1, 0.15) is 0 Å². The zero-order valence-corrected chi connectivity index (χ0v) is 15.9. The van der Waals surface area contributed by atoms with Crippen LogP contribution in [0.25, 0.3) is 21.9 Å². The molecule has 160 valence electrons. The Balaban J connectivity index is 0.000000339. The average Bonchev–Trinajstić information content (AvgIpc) is 3.17. The molecular weight excluding hydrogens is 418 g/mol. The Hall–Kier alpha value is -4.02. The van der Waals surface area contributed by atoms with E-state index in [9.17, 15) is 17.6 Å². The summed E-state index contributed by atoms with van der Waals surface area (Å²) >= 11 is 0. The largest absolute Gasteiger partial charge is 0.490 e. The first-order valence-electron chi connectivity index (χ1n) is 8.69. The number of halogens is 4. The van der Waals surface area contributed by atoms with Gasteiger partial charge in [-0.1, -0.05) is 12.1 Å². The van der Waals surface area contributed by atoms with E-state index in [1.54, 1.807) is 41.6 Å². The van der Waals surface area contributed by atoms with Crippen LogP contribution in [0.3, 0.4) is 0 Å². The van der Waals surface area contributed by atoms with Crippen LogP contribution in [0.5, 0.6) is 0 Å². The van der Waals surface area contributed by atoms with Gasteiger partial charge in [-0.2, -0.15) is 18.3 Å². The van der Waals surface area contributed by atoms with Gasteiger partial charge in [-0.05, 0) is 23.8 Å². The number of fused-ring (bicyclic) bond motifs is 1. The number of hydrogen-bond donors (Lipinski definition) is 2. The zero-order chi connectivity index (χ0) is 22.6. The first-order valence-corrected chi connectivity index (χ1v) is 8.69. The maximum Gasteiger partial charge on any atom is 0.490 e. The topological polar surface area (TPSA) is 92.9 Å². The Morgan fingerprint density at radius 2 is 1.77 bits per heavy atom. The number of pyridine rings is 2. The van der Waals surface area contributed by atoms with Crippen LogP contribution in [0.1, 0.15) is 0 Å². The van der Waals surface area contributed by atoms with Crippen LogP contribution < -0.4 is 5.32 Å². The van der Waals surface area contributed by atoms with Crippen molar-refractivity contribution >= 4 is 28.2 Å². The molecule has 0 aliphatic carbocycles. The van der Waals surface area contributed by atoms with Gasteiger partial charge in [0.25, 0.3) is 0 Å². The van der Waals surface area contributed by atoms with Crippen molar-refractivity contribution < 1.29 is 27.5 Å². The van der Waals surface area contributed by atoms with Gasteiger partial charge in [0, 0.05) is 53.9 Å². The number of aromatic nitrogens is 4. The van der Waals surface area contributed by atoms with Gasteiger partial charge in [-0.25, -0.2) is 14.2 Å². The standard InChI is InChI=1S/C18H14FN5.C2HF3O2/c1-24-11-14(10-22-24)12-2-3-13-9-21-18(17(19)16(13)8-12)23-15-4-6-20-7-5-15;3-2(4,5)1(6)7/h2-11H,1H3,(H,20,21,23);(H,6,7). The Morgan fingerprint density at radius 1 is 1.10 bits per heavy atom. The molecule has 0 fully saturated rings. The fourth-order valence-corrected chi connectivity index (χ4v) is 2.59. The van der Waals surface area contributed by atoms with Gasteiger partial charge in [-0.15, -0.1) is 0 Å². The maximum absolute atomic E-state index is 14.9. The Bertz CT molecular complexity index is 1210. The molecule has 31 heavy (non-hydrogen) atoms. The predicted octanol–water partition coefficient (Wildman–Crippen LogP) is 4.55. The molecule has 0 bridgehead atoms. The molecule has 0 radical (unpaired) electrons. The van der Waals surface area contributed by atoms with Crippen molar-refractivity contribution in [2.24, 2.45) is 7.05 Å². The third kappa shape index (κ3) is 5.32. The van der Waals surface area contributed by atoms with E-state index < -0.39 is 12.1 Å². The van der Waals surface area contributed by atoms with Crippen molar-refractivity contribution in [3.05, 3.63) is 67.1 Å². The van der Waals surface area contributed by atoms with Gasteiger partial charge < -0.3 is 10.4 Å². The van der Waals surface area contributed by atoms with E-state index in [0.717, 1.165) is 22.2 Å². The van der Waals surface area contributed by atoms with E-state index in [1.165, 1.54) is 0 Å². The van der Waals surface area contributed by atoms with Gasteiger partial charge in [0.2, 0.25) is 0 Å². The first-order chi connectivity index (χ1) is 14.6. The minimum absolute atomic E-state index is 0.192. The van der Waals surface area contributed by atoms with Crippen LogP contribution in [0.4, 0.5) is 29.1 Å². The molecule has 7 nitrogen and oxygen atoms in total. The SMILES string of the molecule is Cn1cc(-c2ccc3cnc(Nc4ccncc4)c(F)c3c2)cn1.O=C(O)C(F)(F)F. The summed E-state index contributed by atoms with van der Waals surface area (Å²) in [6, 6.07) is 9.15. The quantitative estimate of drug-likeness (QED) is 0.461. The molecule has 3 heterocycles. The number of nitrogens with one attached hydrogen (secondary N) is 1. The summed E-state index contributed by atoms with van der Waals surface area (Å²) in [7, 11) is 1.85. The smallest absolute Gasteiger partial charge is 0.475 e. The number of alkyl halides is 3. The Labute approximate surface area is 173 Å². The molecule has 0 unspecified atom stereocenters. The lowest BCUT2D eigenvalue weighted by atomic mass is 10.0. The lowest BCUT2D eigenvalue weighted by molar-refractivity contribution is -0.192. The molecule has 0 aliphatic heterocycles.